The molecule has 0 unspecified atom stereocenters. The highest BCUT2D eigenvalue weighted by Crippen LogP contribution is 2.31. The summed E-state index contributed by atoms with van der Waals surface area (Å²) in [6.45, 7) is 1.99. The molecule has 1 amide bonds. The number of ether oxygens (including phenoxy) is 1. The molecule has 1 fully saturated rings. The van der Waals surface area contributed by atoms with E-state index >= 15 is 0 Å². The number of aliphatic hydroxyl groups is 1. The highest BCUT2D eigenvalue weighted by atomic mass is 19.1. The summed E-state index contributed by atoms with van der Waals surface area (Å²) in [6.07, 6.45) is 3.57. The number of carbonyl (C=O) groups excluding carboxylic acids is 1. The second-order valence-electron chi connectivity index (χ2n) is 5.91. The van der Waals surface area contributed by atoms with Crippen LogP contribution in [0.2, 0.25) is 0 Å². The second kappa shape index (κ2) is 6.89. The number of amides is 1. The average molecular weight is 295 g/mol. The Balaban J connectivity index is 1.84. The first-order valence-electron chi connectivity index (χ1n) is 7.33. The van der Waals surface area contributed by atoms with Gasteiger partial charge in [0.1, 0.15) is 11.6 Å². The maximum atomic E-state index is 12.8. The highest BCUT2D eigenvalue weighted by Gasteiger charge is 2.34. The van der Waals surface area contributed by atoms with Crippen molar-refractivity contribution < 1.29 is 19.0 Å². The minimum atomic E-state index is -0.518. The van der Waals surface area contributed by atoms with E-state index in [0.717, 1.165) is 25.7 Å². The summed E-state index contributed by atoms with van der Waals surface area (Å²) in [5.74, 6) is 0.476. The third kappa shape index (κ3) is 4.43. The Hall–Kier alpha value is -1.62. The molecule has 1 saturated carbocycles. The fourth-order valence-electron chi connectivity index (χ4n) is 2.65. The van der Waals surface area contributed by atoms with Crippen LogP contribution in [0.3, 0.4) is 0 Å². The largest absolute Gasteiger partial charge is 0.484 e. The van der Waals surface area contributed by atoms with Crippen molar-refractivity contribution in [3.63, 3.8) is 0 Å². The van der Waals surface area contributed by atoms with E-state index in [0.29, 0.717) is 11.7 Å². The van der Waals surface area contributed by atoms with Crippen LogP contribution in [0.4, 0.5) is 4.39 Å². The van der Waals surface area contributed by atoms with E-state index in [9.17, 15) is 14.3 Å². The van der Waals surface area contributed by atoms with Crippen LogP contribution in [-0.2, 0) is 4.79 Å². The molecule has 0 heterocycles. The van der Waals surface area contributed by atoms with Crippen LogP contribution in [0.25, 0.3) is 0 Å². The number of nitrogens with one attached hydrogen (secondary N) is 1. The molecule has 0 aliphatic heterocycles. The fraction of sp³-hybridized carbons (Fsp3) is 0.562. The van der Waals surface area contributed by atoms with Gasteiger partial charge in [0, 0.05) is 0 Å². The third-order valence-electron chi connectivity index (χ3n) is 4.12. The Labute approximate surface area is 124 Å². The zero-order valence-electron chi connectivity index (χ0n) is 12.3. The Bertz CT molecular complexity index is 467. The minimum absolute atomic E-state index is 0.0536. The molecule has 1 aromatic rings. The van der Waals surface area contributed by atoms with E-state index in [2.05, 4.69) is 12.2 Å². The van der Waals surface area contributed by atoms with Crippen LogP contribution in [-0.4, -0.2) is 29.8 Å². The zero-order valence-corrected chi connectivity index (χ0v) is 12.3. The molecule has 0 aromatic heterocycles. The van der Waals surface area contributed by atoms with Crippen LogP contribution in [0.5, 0.6) is 5.75 Å². The second-order valence-corrected chi connectivity index (χ2v) is 5.91. The maximum absolute atomic E-state index is 12.8. The number of hydrogen-bond donors (Lipinski definition) is 2. The molecule has 0 bridgehead atoms. The van der Waals surface area contributed by atoms with Crippen molar-refractivity contribution >= 4 is 5.91 Å². The summed E-state index contributed by atoms with van der Waals surface area (Å²) in [7, 11) is 0. The summed E-state index contributed by atoms with van der Waals surface area (Å²) in [5, 5.41) is 12.5. The Kier molecular flexibility index (Phi) is 5.17. The molecule has 2 rings (SSSR count). The predicted molar refractivity (Wildman–Crippen MR) is 77.5 cm³/mol. The number of rotatable bonds is 5. The molecule has 0 spiro atoms. The molecule has 0 saturated heterocycles. The number of carbonyl (C=O) groups is 1. The van der Waals surface area contributed by atoms with Gasteiger partial charge in [-0.05, 0) is 55.9 Å². The van der Waals surface area contributed by atoms with Crippen LogP contribution in [0.1, 0.15) is 32.6 Å². The minimum Gasteiger partial charge on any atom is -0.484 e. The quantitative estimate of drug-likeness (QED) is 0.876. The highest BCUT2D eigenvalue weighted by molar-refractivity contribution is 5.78. The molecule has 0 atom stereocenters. The van der Waals surface area contributed by atoms with Gasteiger partial charge in [0.25, 0.3) is 5.91 Å². The molecule has 4 nitrogen and oxygen atoms in total. The predicted octanol–water partition coefficient (Wildman–Crippen LogP) is 2.26. The van der Waals surface area contributed by atoms with Gasteiger partial charge in [-0.1, -0.05) is 6.92 Å². The van der Waals surface area contributed by atoms with E-state index in [4.69, 9.17) is 4.74 Å². The third-order valence-corrected chi connectivity index (χ3v) is 4.12. The van der Waals surface area contributed by atoms with Crippen molar-refractivity contribution in [2.24, 2.45) is 5.92 Å². The standard InChI is InChI=1S/C16H22FNO3/c1-12-6-8-16(11-19,9-7-12)18-15(20)10-21-14-4-2-13(17)3-5-14/h2-5,12,19H,6-11H2,1H3,(H,18,20). The molecule has 5 heteroatoms. The molecule has 1 aromatic carbocycles. The molecule has 116 valence electrons. The zero-order chi connectivity index (χ0) is 15.3. The summed E-state index contributed by atoms with van der Waals surface area (Å²) in [4.78, 5) is 12.0. The fourth-order valence-corrected chi connectivity index (χ4v) is 2.65. The van der Waals surface area contributed by atoms with E-state index < -0.39 is 5.54 Å². The number of benzene rings is 1. The van der Waals surface area contributed by atoms with Crippen LogP contribution in [0.15, 0.2) is 24.3 Å². The number of halogens is 1. The number of hydrogen-bond acceptors (Lipinski definition) is 3. The molecule has 2 N–H and O–H groups in total. The van der Waals surface area contributed by atoms with Gasteiger partial charge in [0.05, 0.1) is 12.1 Å². The summed E-state index contributed by atoms with van der Waals surface area (Å²) < 4.78 is 18.1. The Morgan fingerprint density at radius 3 is 2.57 bits per heavy atom. The first-order valence-corrected chi connectivity index (χ1v) is 7.33. The molecule has 1 aliphatic carbocycles. The summed E-state index contributed by atoms with van der Waals surface area (Å²) in [6, 6.07) is 5.52. The molecule has 0 radical (unpaired) electrons. The monoisotopic (exact) mass is 295 g/mol. The normalized spacial score (nSPS) is 25.4. The van der Waals surface area contributed by atoms with Gasteiger partial charge in [-0.3, -0.25) is 4.79 Å². The van der Waals surface area contributed by atoms with Crippen molar-refractivity contribution in [1.82, 2.24) is 5.32 Å². The lowest BCUT2D eigenvalue weighted by Crippen LogP contribution is -2.54. The molecule has 1 aliphatic rings. The van der Waals surface area contributed by atoms with Crippen molar-refractivity contribution in [2.45, 2.75) is 38.1 Å². The topological polar surface area (TPSA) is 58.6 Å². The van der Waals surface area contributed by atoms with Crippen molar-refractivity contribution in [3.8, 4) is 5.75 Å². The number of aliphatic hydroxyl groups excluding tert-OH is 1. The first kappa shape index (κ1) is 15.8. The molecule has 21 heavy (non-hydrogen) atoms. The van der Waals surface area contributed by atoms with Gasteiger partial charge in [0.15, 0.2) is 6.61 Å². The van der Waals surface area contributed by atoms with E-state index in [1.807, 2.05) is 0 Å². The smallest absolute Gasteiger partial charge is 0.258 e. The van der Waals surface area contributed by atoms with Crippen LogP contribution in [0, 0.1) is 11.7 Å². The average Bonchev–Trinajstić information content (AvgIpc) is 2.49. The van der Waals surface area contributed by atoms with Crippen molar-refractivity contribution in [1.29, 1.82) is 0 Å². The van der Waals surface area contributed by atoms with Gasteiger partial charge < -0.3 is 15.2 Å². The Morgan fingerprint density at radius 2 is 2.00 bits per heavy atom. The van der Waals surface area contributed by atoms with E-state index in [1.54, 1.807) is 0 Å². The molecular weight excluding hydrogens is 273 g/mol. The van der Waals surface area contributed by atoms with Gasteiger partial charge in [0.2, 0.25) is 0 Å². The van der Waals surface area contributed by atoms with Gasteiger partial charge >= 0.3 is 0 Å². The summed E-state index contributed by atoms with van der Waals surface area (Å²) in [5.41, 5.74) is -0.518. The van der Waals surface area contributed by atoms with Gasteiger partial charge in [-0.2, -0.15) is 0 Å². The van der Waals surface area contributed by atoms with E-state index in [-0.39, 0.29) is 24.9 Å². The van der Waals surface area contributed by atoms with Crippen LogP contribution < -0.4 is 10.1 Å². The SMILES string of the molecule is CC1CCC(CO)(NC(=O)COc2ccc(F)cc2)CC1. The van der Waals surface area contributed by atoms with Crippen LogP contribution >= 0.6 is 0 Å². The lowest BCUT2D eigenvalue weighted by Gasteiger charge is -2.38. The van der Waals surface area contributed by atoms with Gasteiger partial charge in [-0.25, -0.2) is 4.39 Å². The lowest BCUT2D eigenvalue weighted by molar-refractivity contribution is -0.126. The molecular formula is C16H22FNO3. The summed E-state index contributed by atoms with van der Waals surface area (Å²) >= 11 is 0. The first-order chi connectivity index (χ1) is 10.0. The van der Waals surface area contributed by atoms with Gasteiger partial charge in [-0.15, -0.1) is 0 Å². The Morgan fingerprint density at radius 1 is 1.38 bits per heavy atom. The lowest BCUT2D eigenvalue weighted by atomic mass is 9.77. The van der Waals surface area contributed by atoms with Crippen molar-refractivity contribution in [2.75, 3.05) is 13.2 Å². The maximum Gasteiger partial charge on any atom is 0.258 e. The van der Waals surface area contributed by atoms with E-state index in [1.165, 1.54) is 24.3 Å². The van der Waals surface area contributed by atoms with Crippen molar-refractivity contribution in [3.05, 3.63) is 30.1 Å².